The van der Waals surface area contributed by atoms with E-state index < -0.39 is 0 Å². The van der Waals surface area contributed by atoms with Crippen molar-refractivity contribution in [2.45, 2.75) is 32.4 Å². The van der Waals surface area contributed by atoms with Gasteiger partial charge in [0.1, 0.15) is 0 Å². The molecule has 0 saturated heterocycles. The van der Waals surface area contributed by atoms with Gasteiger partial charge in [0, 0.05) is 35.1 Å². The molecule has 1 aromatic carbocycles. The predicted molar refractivity (Wildman–Crippen MR) is 77.6 cm³/mol. The molecule has 1 fully saturated rings. The number of aromatic nitrogens is 2. The van der Waals surface area contributed by atoms with E-state index in [0.29, 0.717) is 18.2 Å². The lowest BCUT2D eigenvalue weighted by atomic mass is 10.1. The van der Waals surface area contributed by atoms with Gasteiger partial charge in [-0.25, -0.2) is 0 Å². The maximum absolute atomic E-state index is 12.0. The van der Waals surface area contributed by atoms with Crippen LogP contribution in [0.2, 0.25) is 0 Å². The number of carbonyl (C=O) groups is 1. The Morgan fingerprint density at radius 1 is 1.45 bits per heavy atom. The van der Waals surface area contributed by atoms with E-state index in [-0.39, 0.29) is 5.91 Å². The van der Waals surface area contributed by atoms with Crippen LogP contribution >= 0.6 is 0 Å². The Bertz CT molecular complexity index is 616. The lowest BCUT2D eigenvalue weighted by molar-refractivity contribution is 0.0951. The first-order valence-corrected chi connectivity index (χ1v) is 6.86. The number of aryl methyl sites for hydroxylation is 1. The standard InChI is InChI=1S/C15H18N4O/c1-10-12(9-17-19-10)8-16-14-4-2-3-11(7-14)15(20)18-13-5-6-13/h2-4,7,9,13,16H,5-6,8H2,1H3,(H,17,19)(H,18,20). The summed E-state index contributed by atoms with van der Waals surface area (Å²) in [7, 11) is 0. The van der Waals surface area contributed by atoms with Crippen molar-refractivity contribution < 1.29 is 4.79 Å². The summed E-state index contributed by atoms with van der Waals surface area (Å²) in [6.07, 6.45) is 4.01. The fourth-order valence-electron chi connectivity index (χ4n) is 2.02. The highest BCUT2D eigenvalue weighted by Gasteiger charge is 2.23. The molecular formula is C15H18N4O. The number of nitrogens with zero attached hydrogens (tertiary/aromatic N) is 1. The SMILES string of the molecule is Cc1[nH]ncc1CNc1cccc(C(=O)NC2CC2)c1. The fourth-order valence-corrected chi connectivity index (χ4v) is 2.02. The molecule has 0 radical (unpaired) electrons. The third-order valence-electron chi connectivity index (χ3n) is 3.45. The van der Waals surface area contributed by atoms with Crippen LogP contribution in [0.15, 0.2) is 30.5 Å². The molecule has 5 heteroatoms. The van der Waals surface area contributed by atoms with Gasteiger partial charge in [0.15, 0.2) is 0 Å². The molecule has 1 aliphatic carbocycles. The quantitative estimate of drug-likeness (QED) is 0.780. The van der Waals surface area contributed by atoms with Gasteiger partial charge in [0.05, 0.1) is 6.20 Å². The molecule has 0 spiro atoms. The topological polar surface area (TPSA) is 69.8 Å². The zero-order valence-corrected chi connectivity index (χ0v) is 11.4. The Labute approximate surface area is 117 Å². The van der Waals surface area contributed by atoms with Crippen LogP contribution in [0.4, 0.5) is 5.69 Å². The molecule has 2 aromatic rings. The van der Waals surface area contributed by atoms with Crippen LogP contribution in [0.3, 0.4) is 0 Å². The number of carbonyl (C=O) groups excluding carboxylic acids is 1. The van der Waals surface area contributed by atoms with Gasteiger partial charge in [-0.1, -0.05) is 6.07 Å². The number of aromatic amines is 1. The number of benzene rings is 1. The average molecular weight is 270 g/mol. The third kappa shape index (κ3) is 2.99. The van der Waals surface area contributed by atoms with E-state index >= 15 is 0 Å². The first-order chi connectivity index (χ1) is 9.72. The first kappa shape index (κ1) is 12.7. The molecule has 5 nitrogen and oxygen atoms in total. The number of hydrogen-bond donors (Lipinski definition) is 3. The smallest absolute Gasteiger partial charge is 0.251 e. The summed E-state index contributed by atoms with van der Waals surface area (Å²) in [5.74, 6) is 0.00985. The maximum Gasteiger partial charge on any atom is 0.251 e. The molecule has 1 aliphatic rings. The molecule has 1 amide bonds. The molecule has 3 rings (SSSR count). The van der Waals surface area contributed by atoms with Crippen molar-refractivity contribution in [3.05, 3.63) is 47.3 Å². The summed E-state index contributed by atoms with van der Waals surface area (Å²) >= 11 is 0. The molecular weight excluding hydrogens is 252 g/mol. The highest BCUT2D eigenvalue weighted by Crippen LogP contribution is 2.20. The van der Waals surface area contributed by atoms with Gasteiger partial charge in [-0.2, -0.15) is 5.10 Å². The van der Waals surface area contributed by atoms with Crippen molar-refractivity contribution in [1.29, 1.82) is 0 Å². The van der Waals surface area contributed by atoms with Crippen molar-refractivity contribution in [2.75, 3.05) is 5.32 Å². The molecule has 3 N–H and O–H groups in total. The first-order valence-electron chi connectivity index (χ1n) is 6.86. The van der Waals surface area contributed by atoms with Crippen LogP contribution in [0, 0.1) is 6.92 Å². The molecule has 20 heavy (non-hydrogen) atoms. The Morgan fingerprint density at radius 2 is 2.30 bits per heavy atom. The van der Waals surface area contributed by atoms with Gasteiger partial charge in [0.25, 0.3) is 5.91 Å². The van der Waals surface area contributed by atoms with E-state index in [2.05, 4.69) is 20.8 Å². The van der Waals surface area contributed by atoms with Gasteiger partial charge < -0.3 is 10.6 Å². The van der Waals surface area contributed by atoms with E-state index in [1.807, 2.05) is 37.4 Å². The van der Waals surface area contributed by atoms with Crippen LogP contribution in [0.5, 0.6) is 0 Å². The molecule has 1 aromatic heterocycles. The van der Waals surface area contributed by atoms with Crippen LogP contribution < -0.4 is 10.6 Å². The second-order valence-corrected chi connectivity index (χ2v) is 5.20. The van der Waals surface area contributed by atoms with E-state index in [4.69, 9.17) is 0 Å². The lowest BCUT2D eigenvalue weighted by Gasteiger charge is -2.08. The molecule has 0 unspecified atom stereocenters. The Hall–Kier alpha value is -2.30. The fraction of sp³-hybridized carbons (Fsp3) is 0.333. The summed E-state index contributed by atoms with van der Waals surface area (Å²) in [5, 5.41) is 13.2. The van der Waals surface area contributed by atoms with Crippen LogP contribution in [0.25, 0.3) is 0 Å². The summed E-state index contributed by atoms with van der Waals surface area (Å²) in [4.78, 5) is 12.0. The second kappa shape index (κ2) is 5.36. The maximum atomic E-state index is 12.0. The molecule has 0 bridgehead atoms. The summed E-state index contributed by atoms with van der Waals surface area (Å²) in [6, 6.07) is 7.96. The highest BCUT2D eigenvalue weighted by molar-refractivity contribution is 5.95. The van der Waals surface area contributed by atoms with Crippen molar-refractivity contribution in [2.24, 2.45) is 0 Å². The highest BCUT2D eigenvalue weighted by atomic mass is 16.1. The lowest BCUT2D eigenvalue weighted by Crippen LogP contribution is -2.25. The minimum absolute atomic E-state index is 0.00985. The molecule has 0 atom stereocenters. The second-order valence-electron chi connectivity index (χ2n) is 5.20. The molecule has 1 heterocycles. The van der Waals surface area contributed by atoms with Crippen molar-refractivity contribution in [3.63, 3.8) is 0 Å². The Kier molecular flexibility index (Phi) is 3.41. The van der Waals surface area contributed by atoms with Crippen molar-refractivity contribution in [3.8, 4) is 0 Å². The van der Waals surface area contributed by atoms with Gasteiger partial charge in [-0.05, 0) is 38.0 Å². The number of H-pyrrole nitrogens is 1. The van der Waals surface area contributed by atoms with Gasteiger partial charge in [0.2, 0.25) is 0 Å². The zero-order valence-electron chi connectivity index (χ0n) is 11.4. The average Bonchev–Trinajstić information content (AvgIpc) is 3.17. The Balaban J connectivity index is 1.64. The summed E-state index contributed by atoms with van der Waals surface area (Å²) < 4.78 is 0. The summed E-state index contributed by atoms with van der Waals surface area (Å²) in [5.41, 5.74) is 3.82. The number of nitrogens with one attached hydrogen (secondary N) is 3. The van der Waals surface area contributed by atoms with Crippen LogP contribution in [-0.4, -0.2) is 22.1 Å². The van der Waals surface area contributed by atoms with E-state index in [9.17, 15) is 4.79 Å². The monoisotopic (exact) mass is 270 g/mol. The number of hydrogen-bond acceptors (Lipinski definition) is 3. The van der Waals surface area contributed by atoms with Crippen molar-refractivity contribution >= 4 is 11.6 Å². The largest absolute Gasteiger partial charge is 0.381 e. The molecule has 104 valence electrons. The third-order valence-corrected chi connectivity index (χ3v) is 3.45. The minimum atomic E-state index is 0.00985. The van der Waals surface area contributed by atoms with Gasteiger partial charge in [-0.15, -0.1) is 0 Å². The van der Waals surface area contributed by atoms with Crippen LogP contribution in [0.1, 0.15) is 34.5 Å². The van der Waals surface area contributed by atoms with Gasteiger partial charge >= 0.3 is 0 Å². The minimum Gasteiger partial charge on any atom is -0.381 e. The van der Waals surface area contributed by atoms with Crippen LogP contribution in [-0.2, 0) is 6.54 Å². The van der Waals surface area contributed by atoms with E-state index in [0.717, 1.165) is 29.8 Å². The normalized spacial score (nSPS) is 14.1. The Morgan fingerprint density at radius 3 is 3.00 bits per heavy atom. The van der Waals surface area contributed by atoms with Crippen molar-refractivity contribution in [1.82, 2.24) is 15.5 Å². The van der Waals surface area contributed by atoms with Gasteiger partial charge in [-0.3, -0.25) is 9.89 Å². The number of rotatable bonds is 5. The molecule has 1 saturated carbocycles. The number of amides is 1. The predicted octanol–water partition coefficient (Wildman–Crippen LogP) is 2.22. The number of anilines is 1. The molecule has 0 aliphatic heterocycles. The summed E-state index contributed by atoms with van der Waals surface area (Å²) in [6.45, 7) is 2.68. The van der Waals surface area contributed by atoms with E-state index in [1.54, 1.807) is 0 Å². The zero-order chi connectivity index (χ0) is 13.9. The van der Waals surface area contributed by atoms with E-state index in [1.165, 1.54) is 0 Å².